The molecule has 10 heteroatoms. The third kappa shape index (κ3) is 5.85. The van der Waals surface area contributed by atoms with Gasteiger partial charge in [-0.05, 0) is 43.7 Å². The molecule has 1 aliphatic heterocycles. The lowest BCUT2D eigenvalue weighted by molar-refractivity contribution is -0.114. The van der Waals surface area contributed by atoms with Crippen molar-refractivity contribution in [3.63, 3.8) is 0 Å². The maximum Gasteiger partial charge on any atom is 0.240 e. The molecule has 0 saturated carbocycles. The zero-order valence-electron chi connectivity index (χ0n) is 18.2. The summed E-state index contributed by atoms with van der Waals surface area (Å²) in [5.74, 6) is -0.800. The predicted octanol–water partition coefficient (Wildman–Crippen LogP) is 3.49. The molecule has 2 aromatic carbocycles. The lowest BCUT2D eigenvalue weighted by Crippen LogP contribution is -2.47. The number of amides is 1. The zero-order chi connectivity index (χ0) is 23.5. The standard InChI is InChI=1S/C22H27ClFN3O4S/c1-14-7-8-17(26-16(3)28)11-21(14)32(29,30)25-12-20(27-9-10-31-15(2)13-27)22-18(23)5-4-6-19(22)24/h4-8,11,15,20,25H,9-10,12-13H2,1-3H3,(H,26,28). The van der Waals surface area contributed by atoms with Crippen molar-refractivity contribution in [3.05, 3.63) is 58.4 Å². The number of ether oxygens (including phenoxy) is 1. The van der Waals surface area contributed by atoms with Crippen LogP contribution in [0.2, 0.25) is 5.02 Å². The minimum Gasteiger partial charge on any atom is -0.376 e. The van der Waals surface area contributed by atoms with Crippen molar-refractivity contribution in [2.24, 2.45) is 0 Å². The van der Waals surface area contributed by atoms with Gasteiger partial charge in [0.15, 0.2) is 0 Å². The van der Waals surface area contributed by atoms with E-state index < -0.39 is 21.9 Å². The maximum absolute atomic E-state index is 14.8. The van der Waals surface area contributed by atoms with E-state index in [0.717, 1.165) is 0 Å². The van der Waals surface area contributed by atoms with Gasteiger partial charge in [0.2, 0.25) is 15.9 Å². The number of hydrogen-bond donors (Lipinski definition) is 2. The number of rotatable bonds is 7. The van der Waals surface area contributed by atoms with Gasteiger partial charge in [-0.25, -0.2) is 17.5 Å². The lowest BCUT2D eigenvalue weighted by Gasteiger charge is -2.38. The molecular formula is C22H27ClFN3O4S. The first-order valence-electron chi connectivity index (χ1n) is 10.3. The van der Waals surface area contributed by atoms with Gasteiger partial charge in [0.25, 0.3) is 0 Å². The van der Waals surface area contributed by atoms with Crippen LogP contribution >= 0.6 is 11.6 Å². The molecule has 2 unspecified atom stereocenters. The van der Waals surface area contributed by atoms with Crippen LogP contribution in [0.15, 0.2) is 41.3 Å². The first-order valence-corrected chi connectivity index (χ1v) is 12.1. The Balaban J connectivity index is 1.91. The van der Waals surface area contributed by atoms with Crippen molar-refractivity contribution in [2.75, 3.05) is 31.6 Å². The molecule has 174 valence electrons. The van der Waals surface area contributed by atoms with E-state index in [1.165, 1.54) is 25.1 Å². The molecule has 0 bridgehead atoms. The average molecular weight is 484 g/mol. The molecule has 1 fully saturated rings. The maximum atomic E-state index is 14.8. The van der Waals surface area contributed by atoms with Crippen molar-refractivity contribution in [3.8, 4) is 0 Å². The summed E-state index contributed by atoms with van der Waals surface area (Å²) in [4.78, 5) is 13.4. The molecule has 0 radical (unpaired) electrons. The highest BCUT2D eigenvalue weighted by Gasteiger charge is 2.31. The van der Waals surface area contributed by atoms with Gasteiger partial charge in [-0.2, -0.15) is 0 Å². The number of anilines is 1. The Morgan fingerprint density at radius 1 is 1.34 bits per heavy atom. The van der Waals surface area contributed by atoms with Crippen LogP contribution in [0.4, 0.5) is 10.1 Å². The van der Waals surface area contributed by atoms with Gasteiger partial charge in [-0.3, -0.25) is 9.69 Å². The van der Waals surface area contributed by atoms with Crippen molar-refractivity contribution in [2.45, 2.75) is 37.8 Å². The van der Waals surface area contributed by atoms with Gasteiger partial charge in [-0.15, -0.1) is 0 Å². The van der Waals surface area contributed by atoms with Crippen LogP contribution in [0, 0.1) is 12.7 Å². The molecule has 1 heterocycles. The Labute approximate surface area is 192 Å². The van der Waals surface area contributed by atoms with Crippen molar-refractivity contribution in [1.82, 2.24) is 9.62 Å². The van der Waals surface area contributed by atoms with Crippen LogP contribution in [-0.2, 0) is 19.6 Å². The van der Waals surface area contributed by atoms with E-state index in [2.05, 4.69) is 10.0 Å². The largest absolute Gasteiger partial charge is 0.376 e. The van der Waals surface area contributed by atoms with E-state index in [9.17, 15) is 17.6 Å². The van der Waals surface area contributed by atoms with Crippen molar-refractivity contribution >= 4 is 33.2 Å². The monoisotopic (exact) mass is 483 g/mol. The fraction of sp³-hybridized carbons (Fsp3) is 0.409. The Morgan fingerprint density at radius 2 is 2.09 bits per heavy atom. The van der Waals surface area contributed by atoms with Crippen LogP contribution in [-0.4, -0.2) is 51.6 Å². The number of benzene rings is 2. The van der Waals surface area contributed by atoms with E-state index in [-0.39, 0.29) is 34.0 Å². The summed E-state index contributed by atoms with van der Waals surface area (Å²) < 4.78 is 49.3. The number of nitrogens with zero attached hydrogens (tertiary/aromatic N) is 1. The molecular weight excluding hydrogens is 457 g/mol. The van der Waals surface area contributed by atoms with Gasteiger partial charge >= 0.3 is 0 Å². The summed E-state index contributed by atoms with van der Waals surface area (Å²) in [7, 11) is -3.95. The van der Waals surface area contributed by atoms with E-state index in [4.69, 9.17) is 16.3 Å². The minimum atomic E-state index is -3.95. The predicted molar refractivity (Wildman–Crippen MR) is 122 cm³/mol. The van der Waals surface area contributed by atoms with Gasteiger partial charge < -0.3 is 10.1 Å². The number of carbonyl (C=O) groups is 1. The number of hydrogen-bond acceptors (Lipinski definition) is 5. The summed E-state index contributed by atoms with van der Waals surface area (Å²) >= 11 is 6.33. The summed E-state index contributed by atoms with van der Waals surface area (Å²) in [5, 5.41) is 2.82. The second kappa shape index (κ2) is 10.3. The number of sulfonamides is 1. The van der Waals surface area contributed by atoms with Gasteiger partial charge in [0.05, 0.1) is 23.6 Å². The second-order valence-electron chi connectivity index (χ2n) is 7.84. The van der Waals surface area contributed by atoms with E-state index in [0.29, 0.717) is 30.9 Å². The molecule has 2 N–H and O–H groups in total. The fourth-order valence-corrected chi connectivity index (χ4v) is 5.40. The van der Waals surface area contributed by atoms with Crippen molar-refractivity contribution in [1.29, 1.82) is 0 Å². The average Bonchev–Trinajstić information content (AvgIpc) is 2.71. The second-order valence-corrected chi connectivity index (χ2v) is 9.98. The Morgan fingerprint density at radius 3 is 2.75 bits per heavy atom. The molecule has 1 amide bonds. The molecule has 2 aromatic rings. The number of carbonyl (C=O) groups excluding carboxylic acids is 1. The Kier molecular flexibility index (Phi) is 7.89. The topological polar surface area (TPSA) is 87.7 Å². The molecule has 2 atom stereocenters. The van der Waals surface area contributed by atoms with Crippen molar-refractivity contribution < 1.29 is 22.3 Å². The summed E-state index contributed by atoms with van der Waals surface area (Å²) in [5.41, 5.74) is 1.14. The lowest BCUT2D eigenvalue weighted by atomic mass is 10.0. The number of halogens is 2. The first kappa shape index (κ1) is 24.6. The SMILES string of the molecule is CC(=O)Nc1ccc(C)c(S(=O)(=O)NCC(c2c(F)cccc2Cl)N2CCOC(C)C2)c1. The number of nitrogens with one attached hydrogen (secondary N) is 2. The van der Waals surface area contributed by atoms with Gasteiger partial charge in [0, 0.05) is 42.8 Å². The highest BCUT2D eigenvalue weighted by molar-refractivity contribution is 7.89. The number of aryl methyl sites for hydroxylation is 1. The van der Waals surface area contributed by atoms with E-state index >= 15 is 0 Å². The van der Waals surface area contributed by atoms with Crippen LogP contribution < -0.4 is 10.0 Å². The summed E-state index contributed by atoms with van der Waals surface area (Å²) in [6.45, 7) is 6.31. The van der Waals surface area contributed by atoms with Crippen LogP contribution in [0.3, 0.4) is 0 Å². The molecule has 0 aliphatic carbocycles. The van der Waals surface area contributed by atoms with Crippen LogP contribution in [0.1, 0.15) is 31.0 Å². The van der Waals surface area contributed by atoms with Crippen LogP contribution in [0.25, 0.3) is 0 Å². The third-order valence-electron chi connectivity index (χ3n) is 5.31. The molecule has 0 spiro atoms. The van der Waals surface area contributed by atoms with E-state index in [1.807, 2.05) is 11.8 Å². The molecule has 32 heavy (non-hydrogen) atoms. The normalized spacial score (nSPS) is 18.3. The Hall–Kier alpha value is -2.04. The van der Waals surface area contributed by atoms with Gasteiger partial charge in [-0.1, -0.05) is 23.7 Å². The molecule has 0 aromatic heterocycles. The smallest absolute Gasteiger partial charge is 0.240 e. The van der Waals surface area contributed by atoms with Crippen LogP contribution in [0.5, 0.6) is 0 Å². The molecule has 1 saturated heterocycles. The fourth-order valence-electron chi connectivity index (χ4n) is 3.81. The number of morpholine rings is 1. The highest BCUT2D eigenvalue weighted by Crippen LogP contribution is 2.31. The zero-order valence-corrected chi connectivity index (χ0v) is 19.8. The van der Waals surface area contributed by atoms with Gasteiger partial charge in [0.1, 0.15) is 5.82 Å². The van der Waals surface area contributed by atoms with E-state index in [1.54, 1.807) is 25.1 Å². The third-order valence-corrected chi connectivity index (χ3v) is 7.21. The molecule has 3 rings (SSSR count). The highest BCUT2D eigenvalue weighted by atomic mass is 35.5. The molecule has 1 aliphatic rings. The Bertz CT molecular complexity index is 1080. The molecule has 7 nitrogen and oxygen atoms in total. The summed E-state index contributed by atoms with van der Waals surface area (Å²) in [6, 6.07) is 8.45. The minimum absolute atomic E-state index is 0.0393. The quantitative estimate of drug-likeness (QED) is 0.629. The first-order chi connectivity index (χ1) is 15.1. The summed E-state index contributed by atoms with van der Waals surface area (Å²) in [6.07, 6.45) is -0.0787.